The first-order chi connectivity index (χ1) is 19.4. The topological polar surface area (TPSA) is 145 Å². The van der Waals surface area contributed by atoms with E-state index in [1.165, 1.54) is 10.7 Å². The van der Waals surface area contributed by atoms with Crippen LogP contribution in [0.25, 0.3) is 5.65 Å². The van der Waals surface area contributed by atoms with Gasteiger partial charge in [0, 0.05) is 57.9 Å². The van der Waals surface area contributed by atoms with Crippen LogP contribution in [-0.4, -0.2) is 98.5 Å². The molecule has 0 radical (unpaired) electrons. The summed E-state index contributed by atoms with van der Waals surface area (Å²) < 4.78 is 1.47. The van der Waals surface area contributed by atoms with Crippen molar-refractivity contribution >= 4 is 40.4 Å². The first kappa shape index (κ1) is 26.5. The zero-order valence-electron chi connectivity index (χ0n) is 22.4. The first-order valence-electron chi connectivity index (χ1n) is 13.8. The highest BCUT2D eigenvalue weighted by molar-refractivity contribution is 6.36. The van der Waals surface area contributed by atoms with Crippen LogP contribution in [0.5, 0.6) is 0 Å². The molecule has 208 valence electrons. The van der Waals surface area contributed by atoms with Crippen molar-refractivity contribution in [2.24, 2.45) is 0 Å². The Kier molecular flexibility index (Phi) is 7.34. The summed E-state index contributed by atoms with van der Waals surface area (Å²) in [6.45, 7) is 8.11. The van der Waals surface area contributed by atoms with Crippen LogP contribution in [0.4, 0.5) is 23.1 Å². The zero-order valence-corrected chi connectivity index (χ0v) is 23.1. The number of hydrogen-bond acceptors (Lipinski definition) is 11. The van der Waals surface area contributed by atoms with Crippen LogP contribution in [-0.2, 0) is 0 Å². The lowest BCUT2D eigenvalue weighted by atomic mass is 10.0. The van der Waals surface area contributed by atoms with Crippen LogP contribution < -0.4 is 15.5 Å². The normalized spacial score (nSPS) is 19.2. The third-order valence-electron chi connectivity index (χ3n) is 7.87. The van der Waals surface area contributed by atoms with E-state index in [0.29, 0.717) is 45.5 Å². The minimum absolute atomic E-state index is 0.251. The number of aromatic nitrogens is 4. The van der Waals surface area contributed by atoms with Gasteiger partial charge < -0.3 is 20.6 Å². The molecule has 1 atom stereocenters. The number of anilines is 4. The predicted molar refractivity (Wildman–Crippen MR) is 152 cm³/mol. The van der Waals surface area contributed by atoms with Crippen LogP contribution in [0.2, 0.25) is 5.02 Å². The maximum Gasteiger partial charge on any atom is 0.247 e. The lowest BCUT2D eigenvalue weighted by Gasteiger charge is -2.49. The molecule has 3 aliphatic rings. The van der Waals surface area contributed by atoms with Crippen LogP contribution >= 0.6 is 11.6 Å². The van der Waals surface area contributed by atoms with Crippen molar-refractivity contribution in [1.82, 2.24) is 29.4 Å². The molecule has 13 heteroatoms. The van der Waals surface area contributed by atoms with Gasteiger partial charge in [-0.1, -0.05) is 18.5 Å². The van der Waals surface area contributed by atoms with Crippen LogP contribution in [0.15, 0.2) is 18.3 Å². The number of nitrogens with one attached hydrogen (secondary N) is 2. The molecule has 1 saturated carbocycles. The molecule has 3 fully saturated rings. The number of hydrogen-bond donors (Lipinski definition) is 3. The molecule has 0 bridgehead atoms. The van der Waals surface area contributed by atoms with E-state index in [0.717, 1.165) is 70.8 Å². The number of aliphatic hydroxyl groups is 1. The maximum atomic E-state index is 9.92. The Bertz CT molecular complexity index is 1480. The van der Waals surface area contributed by atoms with Crippen LogP contribution in [0.3, 0.4) is 0 Å². The Labute approximate surface area is 237 Å². The summed E-state index contributed by atoms with van der Waals surface area (Å²) in [4.78, 5) is 16.0. The second kappa shape index (κ2) is 11.1. The Morgan fingerprint density at radius 3 is 2.60 bits per heavy atom. The van der Waals surface area contributed by atoms with Gasteiger partial charge in [0.05, 0.1) is 40.3 Å². The van der Waals surface area contributed by atoms with E-state index >= 15 is 0 Å². The smallest absolute Gasteiger partial charge is 0.247 e. The Morgan fingerprint density at radius 1 is 1.15 bits per heavy atom. The van der Waals surface area contributed by atoms with Gasteiger partial charge in [-0.3, -0.25) is 9.80 Å². The predicted octanol–water partition coefficient (Wildman–Crippen LogP) is 2.42. The van der Waals surface area contributed by atoms with Gasteiger partial charge in [-0.15, -0.1) is 5.10 Å². The highest BCUT2D eigenvalue weighted by Gasteiger charge is 2.34. The third kappa shape index (κ3) is 5.36. The standard InChI is InChI=1S/C27H32ClN11O/c1-2-21(40)16-36-14-20(15-36)37-5-7-38(8-6-37)23-10-17(11-29)9-22(24(23)28)33-27-34-25(32-18-3-4-18)26-31-13-19(12-30)39(26)35-27/h9-10,13,18,20-21,40H,2-8,14-16H2,1H3,(H2,32,33,34,35). The molecule has 12 nitrogen and oxygen atoms in total. The number of nitriles is 2. The molecule has 4 heterocycles. The van der Waals surface area contributed by atoms with Crippen molar-refractivity contribution in [3.05, 3.63) is 34.6 Å². The Hall–Kier alpha value is -3.68. The minimum Gasteiger partial charge on any atom is -0.392 e. The average Bonchev–Trinajstić information content (AvgIpc) is 3.67. The summed E-state index contributed by atoms with van der Waals surface area (Å²) in [7, 11) is 0. The number of rotatable bonds is 9. The fraction of sp³-hybridized carbons (Fsp3) is 0.519. The van der Waals surface area contributed by atoms with Crippen molar-refractivity contribution in [2.45, 2.75) is 44.4 Å². The van der Waals surface area contributed by atoms with E-state index in [4.69, 9.17) is 11.6 Å². The molecule has 1 aromatic carbocycles. The molecule has 3 aromatic rings. The second-order valence-corrected chi connectivity index (χ2v) is 11.1. The van der Waals surface area contributed by atoms with Gasteiger partial charge in [-0.2, -0.15) is 20.0 Å². The molecule has 0 amide bonds. The minimum atomic E-state index is -0.253. The molecule has 6 rings (SSSR count). The monoisotopic (exact) mass is 561 g/mol. The molecule has 0 spiro atoms. The Morgan fingerprint density at radius 2 is 1.93 bits per heavy atom. The van der Waals surface area contributed by atoms with Crippen molar-refractivity contribution in [3.8, 4) is 12.1 Å². The molecule has 1 unspecified atom stereocenters. The van der Waals surface area contributed by atoms with Gasteiger partial charge in [0.25, 0.3) is 0 Å². The SMILES string of the molecule is CCC(O)CN1CC(N2CCN(c3cc(C#N)cc(Nc4nc(NC5CC5)c5ncc(C#N)n5n4)c3Cl)CC2)C1. The first-order valence-corrected chi connectivity index (χ1v) is 14.2. The van der Waals surface area contributed by atoms with Gasteiger partial charge >= 0.3 is 0 Å². The molecule has 2 aromatic heterocycles. The molecular formula is C27H32ClN11O. The van der Waals surface area contributed by atoms with Gasteiger partial charge in [-0.25, -0.2) is 4.98 Å². The molecule has 3 N–H and O–H groups in total. The number of benzene rings is 1. The van der Waals surface area contributed by atoms with E-state index < -0.39 is 0 Å². The van der Waals surface area contributed by atoms with Crippen molar-refractivity contribution in [1.29, 1.82) is 10.5 Å². The summed E-state index contributed by atoms with van der Waals surface area (Å²) in [5.74, 6) is 0.796. The van der Waals surface area contributed by atoms with Crippen LogP contribution in [0.1, 0.15) is 37.4 Å². The number of likely N-dealkylation sites (tertiary alicyclic amines) is 1. The van der Waals surface area contributed by atoms with Crippen molar-refractivity contribution in [2.75, 3.05) is 61.3 Å². The summed E-state index contributed by atoms with van der Waals surface area (Å²) in [6, 6.07) is 8.72. The maximum absolute atomic E-state index is 9.92. The summed E-state index contributed by atoms with van der Waals surface area (Å²) in [5, 5.41) is 40.8. The number of β-amino-alcohol motifs (C(OH)–C–C–N with tert-alkyl or cyclic N) is 1. The van der Waals surface area contributed by atoms with E-state index in [2.05, 4.69) is 52.5 Å². The second-order valence-electron chi connectivity index (χ2n) is 10.7. The fourth-order valence-corrected chi connectivity index (χ4v) is 5.60. The fourth-order valence-electron chi connectivity index (χ4n) is 5.32. The molecule has 40 heavy (non-hydrogen) atoms. The number of imidazole rings is 1. The lowest BCUT2D eigenvalue weighted by Crippen LogP contribution is -2.63. The van der Waals surface area contributed by atoms with E-state index in [1.807, 2.05) is 13.0 Å². The highest BCUT2D eigenvalue weighted by atomic mass is 35.5. The molecular weight excluding hydrogens is 530 g/mol. The highest BCUT2D eigenvalue weighted by Crippen LogP contribution is 2.37. The largest absolute Gasteiger partial charge is 0.392 e. The van der Waals surface area contributed by atoms with E-state index in [9.17, 15) is 15.6 Å². The van der Waals surface area contributed by atoms with Gasteiger partial charge in [0.1, 0.15) is 6.07 Å². The van der Waals surface area contributed by atoms with Gasteiger partial charge in [-0.05, 0) is 31.4 Å². The molecule has 2 saturated heterocycles. The number of nitrogens with zero attached hydrogens (tertiary/aromatic N) is 9. The Balaban J connectivity index is 1.19. The lowest BCUT2D eigenvalue weighted by molar-refractivity contribution is 0.00112. The van der Waals surface area contributed by atoms with E-state index in [1.54, 1.807) is 6.07 Å². The zero-order chi connectivity index (χ0) is 27.8. The molecule has 1 aliphatic carbocycles. The van der Waals surface area contributed by atoms with Crippen LogP contribution in [0, 0.1) is 22.7 Å². The number of halogens is 1. The van der Waals surface area contributed by atoms with Crippen molar-refractivity contribution in [3.63, 3.8) is 0 Å². The van der Waals surface area contributed by atoms with Crippen molar-refractivity contribution < 1.29 is 5.11 Å². The summed E-state index contributed by atoms with van der Waals surface area (Å²) in [5.41, 5.74) is 2.58. The number of aliphatic hydroxyl groups excluding tert-OH is 1. The van der Waals surface area contributed by atoms with Gasteiger partial charge in [0.15, 0.2) is 17.2 Å². The summed E-state index contributed by atoms with van der Waals surface area (Å²) >= 11 is 6.93. The summed E-state index contributed by atoms with van der Waals surface area (Å²) in [6.07, 6.45) is 4.11. The number of piperazine rings is 1. The third-order valence-corrected chi connectivity index (χ3v) is 8.27. The van der Waals surface area contributed by atoms with Gasteiger partial charge in [0.2, 0.25) is 5.95 Å². The van der Waals surface area contributed by atoms with E-state index in [-0.39, 0.29) is 12.1 Å². The molecule has 2 aliphatic heterocycles. The average molecular weight is 562 g/mol. The number of fused-ring (bicyclic) bond motifs is 1. The quantitative estimate of drug-likeness (QED) is 0.354.